The second kappa shape index (κ2) is 19.5. The number of benzene rings is 5. The highest BCUT2D eigenvalue weighted by molar-refractivity contribution is 6.12. The third kappa shape index (κ3) is 8.99. The first-order valence-corrected chi connectivity index (χ1v) is 25.3. The fourth-order valence-corrected chi connectivity index (χ4v) is 10.3. The number of amides is 4. The zero-order valence-electron chi connectivity index (χ0n) is 42.1. The first-order chi connectivity index (χ1) is 37.8. The van der Waals surface area contributed by atoms with Gasteiger partial charge in [0.05, 0.1) is 39.8 Å². The van der Waals surface area contributed by atoms with Crippen molar-refractivity contribution in [2.24, 2.45) is 0 Å². The van der Waals surface area contributed by atoms with Crippen LogP contribution < -0.4 is 21.3 Å². The van der Waals surface area contributed by atoms with Gasteiger partial charge in [-0.1, -0.05) is 48.5 Å². The number of carbonyl (C=O) groups excluding carboxylic acids is 4. The van der Waals surface area contributed by atoms with Gasteiger partial charge in [-0.2, -0.15) is 5.10 Å². The average Bonchev–Trinajstić information content (AvgIpc) is 4.47. The summed E-state index contributed by atoms with van der Waals surface area (Å²) in [7, 11) is 2.95. The molecule has 0 saturated heterocycles. The Kier molecular flexibility index (Phi) is 12.3. The van der Waals surface area contributed by atoms with Crippen LogP contribution in [-0.2, 0) is 17.5 Å². The number of halogens is 3. The summed E-state index contributed by atoms with van der Waals surface area (Å²) in [6.07, 6.45) is 7.79. The van der Waals surface area contributed by atoms with E-state index in [1.165, 1.54) is 73.3 Å². The molecule has 5 aromatic carbocycles. The Morgan fingerprint density at radius 1 is 0.615 bits per heavy atom. The molecule has 5 heterocycles. The number of furan rings is 1. The van der Waals surface area contributed by atoms with E-state index in [-0.39, 0.29) is 51.9 Å². The van der Waals surface area contributed by atoms with Crippen molar-refractivity contribution in [3.63, 3.8) is 0 Å². The Morgan fingerprint density at radius 2 is 1.28 bits per heavy atom. The molecular formula is C62H47F3N8O5. The third-order valence-corrected chi connectivity index (χ3v) is 14.8. The highest BCUT2D eigenvalue weighted by Gasteiger charge is 2.48. The molecule has 0 aliphatic heterocycles. The number of rotatable bonds is 14. The molecule has 2 aliphatic carbocycles. The first kappa shape index (κ1) is 49.2. The minimum Gasteiger partial charge on any atom is -0.454 e. The molecule has 12 rings (SSSR count). The van der Waals surface area contributed by atoms with Crippen LogP contribution in [0.4, 0.5) is 13.2 Å². The van der Waals surface area contributed by atoms with Gasteiger partial charge in [0.2, 0.25) is 0 Å². The van der Waals surface area contributed by atoms with E-state index in [4.69, 9.17) is 9.40 Å². The van der Waals surface area contributed by atoms with E-state index in [9.17, 15) is 28.0 Å². The highest BCUT2D eigenvalue weighted by Crippen LogP contribution is 2.47. The number of nitrogens with one attached hydrogen (secondary N) is 4. The second-order valence-corrected chi connectivity index (χ2v) is 19.7. The standard InChI is InChI=1S/C62H47F3N8O5/c1-66-59(76)51-47-33-48(69-34-49(47)78-56(51)37-15-19-44(64)20-16-37)39-7-6-8-40(31-39)57(74)71-62(25-26-62)50-30-35(21-27-68-50)29-38-11-12-41(58(75)70-61(23-24-61)42-9-4-3-5-10-42)32-46(38)45-22-28-73-55(53(45)65)52(60(77)67-2)54(72-73)36-13-17-43(63)18-14-36/h3-22,27-28,30-34H,23-26,29H2,1-2H3,(H,66,76)(H,67,77)(H,70,75)(H,71,74). The predicted molar refractivity (Wildman–Crippen MR) is 288 cm³/mol. The van der Waals surface area contributed by atoms with Crippen LogP contribution in [0.15, 0.2) is 169 Å². The number of aromatic nitrogens is 4. The lowest BCUT2D eigenvalue weighted by Gasteiger charge is -2.20. The van der Waals surface area contributed by atoms with Crippen LogP contribution in [-0.4, -0.2) is 57.3 Å². The molecule has 0 atom stereocenters. The van der Waals surface area contributed by atoms with Crippen molar-refractivity contribution < 1.29 is 36.8 Å². The lowest BCUT2D eigenvalue weighted by atomic mass is 9.92. The quantitative estimate of drug-likeness (QED) is 0.0833. The van der Waals surface area contributed by atoms with Crippen molar-refractivity contribution in [1.82, 2.24) is 40.8 Å². The molecule has 0 spiro atoms. The first-order valence-electron chi connectivity index (χ1n) is 25.3. The van der Waals surface area contributed by atoms with Gasteiger partial charge >= 0.3 is 0 Å². The maximum Gasteiger partial charge on any atom is 0.255 e. The summed E-state index contributed by atoms with van der Waals surface area (Å²) in [6, 6.07) is 40.1. The zero-order valence-corrected chi connectivity index (χ0v) is 42.1. The molecule has 2 aliphatic rings. The van der Waals surface area contributed by atoms with Crippen molar-refractivity contribution in [2.45, 2.75) is 43.2 Å². The number of carbonyl (C=O) groups is 4. The van der Waals surface area contributed by atoms with Gasteiger partial charge < -0.3 is 25.7 Å². The number of fused-ring (bicyclic) bond motifs is 2. The van der Waals surface area contributed by atoms with E-state index < -0.39 is 40.3 Å². The molecule has 386 valence electrons. The molecule has 4 amide bonds. The fourth-order valence-electron chi connectivity index (χ4n) is 10.3. The molecule has 5 aromatic heterocycles. The SMILES string of the molecule is CNC(=O)c1c(-c2ccc(F)cc2)oc2cnc(-c3cccc(C(=O)NC4(c5cc(Cc6ccc(C(=O)NC7(c8ccccc8)CC7)cc6-c6ccn7nc(-c8ccc(F)cc8)c(C(=O)NC)c7c6F)ccn5)CC4)c3)cc12. The van der Waals surface area contributed by atoms with Gasteiger partial charge in [-0.15, -0.1) is 0 Å². The molecule has 10 aromatic rings. The van der Waals surface area contributed by atoms with Gasteiger partial charge in [-0.25, -0.2) is 17.7 Å². The number of pyridine rings is 3. The van der Waals surface area contributed by atoms with Crippen LogP contribution in [0.25, 0.3) is 61.5 Å². The third-order valence-electron chi connectivity index (χ3n) is 14.8. The van der Waals surface area contributed by atoms with Crippen molar-refractivity contribution in [3.8, 4) is 45.0 Å². The van der Waals surface area contributed by atoms with Gasteiger partial charge in [-0.05, 0) is 151 Å². The monoisotopic (exact) mass is 1040 g/mol. The lowest BCUT2D eigenvalue weighted by molar-refractivity contribution is 0.0921. The lowest BCUT2D eigenvalue weighted by Crippen LogP contribution is -2.35. The number of hydrogen-bond acceptors (Lipinski definition) is 8. The zero-order chi connectivity index (χ0) is 53.9. The molecule has 0 bridgehead atoms. The molecule has 4 N–H and O–H groups in total. The summed E-state index contributed by atoms with van der Waals surface area (Å²) in [5.41, 5.74) is 5.69. The number of nitrogens with zero attached hydrogens (tertiary/aromatic N) is 4. The maximum absolute atomic E-state index is 17.6. The minimum atomic E-state index is -0.782. The van der Waals surface area contributed by atoms with Crippen molar-refractivity contribution >= 4 is 40.1 Å². The Hall–Kier alpha value is -9.70. The van der Waals surface area contributed by atoms with Gasteiger partial charge in [0.15, 0.2) is 11.4 Å². The summed E-state index contributed by atoms with van der Waals surface area (Å²) in [4.78, 5) is 64.6. The van der Waals surface area contributed by atoms with E-state index in [1.807, 2.05) is 48.5 Å². The molecule has 78 heavy (non-hydrogen) atoms. The molecular weight excluding hydrogens is 994 g/mol. The van der Waals surface area contributed by atoms with Crippen molar-refractivity contribution in [1.29, 1.82) is 0 Å². The predicted octanol–water partition coefficient (Wildman–Crippen LogP) is 11.1. The van der Waals surface area contributed by atoms with Crippen LogP contribution >= 0.6 is 0 Å². The highest BCUT2D eigenvalue weighted by atomic mass is 19.1. The van der Waals surface area contributed by atoms with Crippen LogP contribution in [0.5, 0.6) is 0 Å². The summed E-state index contributed by atoms with van der Waals surface area (Å²) in [5.74, 6) is -3.04. The molecule has 2 saturated carbocycles. The van der Waals surface area contributed by atoms with Crippen molar-refractivity contribution in [3.05, 3.63) is 226 Å². The fraction of sp³-hybridized carbons (Fsp3) is 0.145. The Balaban J connectivity index is 0.856. The summed E-state index contributed by atoms with van der Waals surface area (Å²) >= 11 is 0. The minimum absolute atomic E-state index is 0.0401. The van der Waals surface area contributed by atoms with Crippen molar-refractivity contribution in [2.75, 3.05) is 14.1 Å². The van der Waals surface area contributed by atoms with E-state index >= 15 is 4.39 Å². The van der Waals surface area contributed by atoms with Crippen LogP contribution in [0, 0.1) is 17.5 Å². The molecule has 0 radical (unpaired) electrons. The topological polar surface area (TPSA) is 173 Å². The summed E-state index contributed by atoms with van der Waals surface area (Å²) in [6.45, 7) is 0. The maximum atomic E-state index is 17.6. The smallest absolute Gasteiger partial charge is 0.255 e. The Labute approximate surface area is 444 Å². The van der Waals surface area contributed by atoms with Gasteiger partial charge in [0.25, 0.3) is 23.6 Å². The normalized spacial score (nSPS) is 14.0. The Bertz CT molecular complexity index is 4060. The number of hydrogen-bond donors (Lipinski definition) is 4. The van der Waals surface area contributed by atoms with E-state index in [2.05, 4.69) is 31.3 Å². The van der Waals surface area contributed by atoms with Crippen LogP contribution in [0.2, 0.25) is 0 Å². The van der Waals surface area contributed by atoms with Gasteiger partial charge in [0.1, 0.15) is 28.6 Å². The molecule has 2 fully saturated rings. The van der Waals surface area contributed by atoms with E-state index in [1.54, 1.807) is 60.9 Å². The summed E-state index contributed by atoms with van der Waals surface area (Å²) < 4.78 is 52.8. The molecule has 0 unspecified atom stereocenters. The van der Waals surface area contributed by atoms with Gasteiger partial charge in [0, 0.05) is 65.3 Å². The summed E-state index contributed by atoms with van der Waals surface area (Å²) in [5, 5.41) is 16.8. The van der Waals surface area contributed by atoms with Crippen LogP contribution in [0.3, 0.4) is 0 Å². The average molecular weight is 1040 g/mol. The Morgan fingerprint density at radius 3 is 1.97 bits per heavy atom. The largest absolute Gasteiger partial charge is 0.454 e. The second-order valence-electron chi connectivity index (χ2n) is 19.7. The van der Waals surface area contributed by atoms with E-state index in [0.29, 0.717) is 74.1 Å². The molecule has 16 heteroatoms. The van der Waals surface area contributed by atoms with E-state index in [0.717, 1.165) is 24.0 Å². The molecule has 13 nitrogen and oxygen atoms in total. The van der Waals surface area contributed by atoms with Gasteiger partial charge in [-0.3, -0.25) is 29.1 Å². The van der Waals surface area contributed by atoms with Crippen LogP contribution in [0.1, 0.15) is 89.5 Å².